The Bertz CT molecular complexity index is 358. The molecule has 1 heterocycles. The van der Waals surface area contributed by atoms with E-state index >= 15 is 0 Å². The molecule has 0 aromatic carbocycles. The third-order valence-corrected chi connectivity index (χ3v) is 4.78. The van der Waals surface area contributed by atoms with E-state index in [4.69, 9.17) is 0 Å². The third-order valence-electron chi connectivity index (χ3n) is 3.95. The van der Waals surface area contributed by atoms with Crippen molar-refractivity contribution in [3.8, 4) is 0 Å². The van der Waals surface area contributed by atoms with Gasteiger partial charge in [-0.05, 0) is 38.8 Å². The van der Waals surface area contributed by atoms with E-state index in [1.165, 1.54) is 18.5 Å². The summed E-state index contributed by atoms with van der Waals surface area (Å²) in [6.07, 6.45) is 2.44. The molecule has 1 aromatic heterocycles. The minimum absolute atomic E-state index is 0.385. The van der Waals surface area contributed by atoms with Crippen LogP contribution < -0.4 is 5.32 Å². The number of nitrogens with zero attached hydrogens (tertiary/aromatic N) is 2. The highest BCUT2D eigenvalue weighted by atomic mass is 32.1. The standard InChI is InChI=1S/C15H29N3S/c1-6-15(7-2,11-16-8-3)12-18(5)9-14-10-19-13(4)17-14/h10,16H,6-9,11-12H2,1-5H3. The van der Waals surface area contributed by atoms with E-state index in [-0.39, 0.29) is 0 Å². The van der Waals surface area contributed by atoms with Gasteiger partial charge in [-0.3, -0.25) is 4.90 Å². The molecule has 1 N–H and O–H groups in total. The zero-order chi connectivity index (χ0) is 14.3. The Kier molecular flexibility index (Phi) is 6.97. The second kappa shape index (κ2) is 7.98. The van der Waals surface area contributed by atoms with Gasteiger partial charge in [0.25, 0.3) is 0 Å². The lowest BCUT2D eigenvalue weighted by molar-refractivity contribution is 0.150. The van der Waals surface area contributed by atoms with Gasteiger partial charge in [0.05, 0.1) is 10.7 Å². The maximum absolute atomic E-state index is 4.56. The van der Waals surface area contributed by atoms with Crippen LogP contribution in [-0.2, 0) is 6.54 Å². The highest BCUT2D eigenvalue weighted by Gasteiger charge is 2.27. The SMILES string of the molecule is CCNCC(CC)(CC)CN(C)Cc1csc(C)n1. The molecule has 0 saturated carbocycles. The van der Waals surface area contributed by atoms with Crippen molar-refractivity contribution in [1.82, 2.24) is 15.2 Å². The van der Waals surface area contributed by atoms with Gasteiger partial charge >= 0.3 is 0 Å². The topological polar surface area (TPSA) is 28.2 Å². The first-order chi connectivity index (χ1) is 9.05. The quantitative estimate of drug-likeness (QED) is 0.754. The number of nitrogens with one attached hydrogen (secondary N) is 1. The molecular formula is C15H29N3S. The highest BCUT2D eigenvalue weighted by molar-refractivity contribution is 7.09. The summed E-state index contributed by atoms with van der Waals surface area (Å²) in [5.74, 6) is 0. The summed E-state index contributed by atoms with van der Waals surface area (Å²) in [6, 6.07) is 0. The molecule has 3 nitrogen and oxygen atoms in total. The molecule has 0 unspecified atom stereocenters. The van der Waals surface area contributed by atoms with Gasteiger partial charge in [-0.2, -0.15) is 0 Å². The second-order valence-corrected chi connectivity index (χ2v) is 6.58. The average Bonchev–Trinajstić information content (AvgIpc) is 2.80. The Balaban J connectivity index is 2.57. The normalized spacial score (nSPS) is 12.3. The fourth-order valence-corrected chi connectivity index (χ4v) is 3.16. The Labute approximate surface area is 122 Å². The summed E-state index contributed by atoms with van der Waals surface area (Å²) < 4.78 is 0. The van der Waals surface area contributed by atoms with Gasteiger partial charge in [0.1, 0.15) is 0 Å². The molecule has 0 saturated heterocycles. The fourth-order valence-electron chi connectivity index (χ4n) is 2.56. The number of thiazole rings is 1. The Morgan fingerprint density at radius 3 is 2.47 bits per heavy atom. The monoisotopic (exact) mass is 283 g/mol. The lowest BCUT2D eigenvalue weighted by atomic mass is 9.81. The second-order valence-electron chi connectivity index (χ2n) is 5.52. The van der Waals surface area contributed by atoms with Crippen molar-refractivity contribution in [2.24, 2.45) is 5.41 Å². The largest absolute Gasteiger partial charge is 0.316 e. The average molecular weight is 283 g/mol. The molecule has 0 bridgehead atoms. The van der Waals surface area contributed by atoms with Crippen molar-refractivity contribution in [2.75, 3.05) is 26.7 Å². The zero-order valence-corrected chi connectivity index (χ0v) is 13.9. The first-order valence-corrected chi connectivity index (χ1v) is 8.23. The molecular weight excluding hydrogens is 254 g/mol. The van der Waals surface area contributed by atoms with E-state index in [0.29, 0.717) is 5.41 Å². The van der Waals surface area contributed by atoms with Crippen LogP contribution in [-0.4, -0.2) is 36.6 Å². The minimum atomic E-state index is 0.385. The van der Waals surface area contributed by atoms with Gasteiger partial charge in [-0.15, -0.1) is 11.3 Å². The number of hydrogen-bond donors (Lipinski definition) is 1. The fraction of sp³-hybridized carbons (Fsp3) is 0.800. The molecule has 0 fully saturated rings. The van der Waals surface area contributed by atoms with Gasteiger partial charge in [-0.1, -0.05) is 20.8 Å². The first-order valence-electron chi connectivity index (χ1n) is 7.35. The van der Waals surface area contributed by atoms with Crippen molar-refractivity contribution < 1.29 is 0 Å². The van der Waals surface area contributed by atoms with E-state index in [0.717, 1.165) is 31.2 Å². The van der Waals surface area contributed by atoms with E-state index in [1.807, 2.05) is 0 Å². The van der Waals surface area contributed by atoms with Crippen molar-refractivity contribution in [3.63, 3.8) is 0 Å². The van der Waals surface area contributed by atoms with Gasteiger partial charge < -0.3 is 5.32 Å². The summed E-state index contributed by atoms with van der Waals surface area (Å²) in [6.45, 7) is 13.1. The summed E-state index contributed by atoms with van der Waals surface area (Å²) >= 11 is 1.74. The molecule has 110 valence electrons. The van der Waals surface area contributed by atoms with Crippen molar-refractivity contribution in [1.29, 1.82) is 0 Å². The first kappa shape index (κ1) is 16.6. The van der Waals surface area contributed by atoms with E-state index in [1.54, 1.807) is 11.3 Å². The van der Waals surface area contributed by atoms with E-state index in [9.17, 15) is 0 Å². The number of aromatic nitrogens is 1. The van der Waals surface area contributed by atoms with Gasteiger partial charge in [-0.25, -0.2) is 4.98 Å². The molecule has 0 amide bonds. The van der Waals surface area contributed by atoms with E-state index in [2.05, 4.69) is 55.3 Å². The van der Waals surface area contributed by atoms with Crippen LogP contribution in [0, 0.1) is 12.3 Å². The van der Waals surface area contributed by atoms with Crippen LogP contribution in [0.15, 0.2) is 5.38 Å². The molecule has 0 aliphatic rings. The number of hydrogen-bond acceptors (Lipinski definition) is 4. The van der Waals surface area contributed by atoms with Crippen LogP contribution in [0.25, 0.3) is 0 Å². The Morgan fingerprint density at radius 2 is 2.00 bits per heavy atom. The predicted molar refractivity (Wildman–Crippen MR) is 84.7 cm³/mol. The molecule has 0 atom stereocenters. The predicted octanol–water partition coefficient (Wildman–Crippen LogP) is 3.30. The molecule has 0 radical (unpaired) electrons. The smallest absolute Gasteiger partial charge is 0.0897 e. The Morgan fingerprint density at radius 1 is 1.32 bits per heavy atom. The summed E-state index contributed by atoms with van der Waals surface area (Å²) in [4.78, 5) is 6.97. The Hall–Kier alpha value is -0.450. The van der Waals surface area contributed by atoms with Gasteiger partial charge in [0, 0.05) is 25.0 Å². The number of aryl methyl sites for hydroxylation is 1. The molecule has 1 aromatic rings. The summed E-state index contributed by atoms with van der Waals surface area (Å²) in [5, 5.41) is 6.86. The van der Waals surface area contributed by atoms with Crippen molar-refractivity contribution in [3.05, 3.63) is 16.1 Å². The molecule has 4 heteroatoms. The van der Waals surface area contributed by atoms with Crippen LogP contribution in [0.5, 0.6) is 0 Å². The van der Waals surface area contributed by atoms with Gasteiger partial charge in [0.2, 0.25) is 0 Å². The molecule has 0 aliphatic heterocycles. The molecule has 19 heavy (non-hydrogen) atoms. The molecule has 0 spiro atoms. The van der Waals surface area contributed by atoms with Crippen LogP contribution in [0.4, 0.5) is 0 Å². The van der Waals surface area contributed by atoms with Gasteiger partial charge in [0.15, 0.2) is 0 Å². The number of rotatable bonds is 9. The third kappa shape index (κ3) is 5.21. The lowest BCUT2D eigenvalue weighted by Gasteiger charge is -2.36. The molecule has 1 rings (SSSR count). The van der Waals surface area contributed by atoms with Crippen LogP contribution in [0.3, 0.4) is 0 Å². The van der Waals surface area contributed by atoms with Crippen molar-refractivity contribution >= 4 is 11.3 Å². The summed E-state index contributed by atoms with van der Waals surface area (Å²) in [5.41, 5.74) is 1.59. The van der Waals surface area contributed by atoms with E-state index < -0.39 is 0 Å². The van der Waals surface area contributed by atoms with Crippen molar-refractivity contribution in [2.45, 2.75) is 47.1 Å². The van der Waals surface area contributed by atoms with Crippen LogP contribution >= 0.6 is 11.3 Å². The maximum atomic E-state index is 4.56. The zero-order valence-electron chi connectivity index (χ0n) is 13.1. The lowest BCUT2D eigenvalue weighted by Crippen LogP contribution is -2.42. The minimum Gasteiger partial charge on any atom is -0.316 e. The molecule has 0 aliphatic carbocycles. The summed E-state index contributed by atoms with van der Waals surface area (Å²) in [7, 11) is 2.21. The highest BCUT2D eigenvalue weighted by Crippen LogP contribution is 2.27. The van der Waals surface area contributed by atoms with Crippen LogP contribution in [0.2, 0.25) is 0 Å². The van der Waals surface area contributed by atoms with Crippen LogP contribution in [0.1, 0.15) is 44.3 Å². The maximum Gasteiger partial charge on any atom is 0.0897 e.